The summed E-state index contributed by atoms with van der Waals surface area (Å²) in [5.74, 6) is -3.35. The summed E-state index contributed by atoms with van der Waals surface area (Å²) in [6.45, 7) is 0. The van der Waals surface area contributed by atoms with E-state index in [1.165, 1.54) is 6.07 Å². The first-order valence-electron chi connectivity index (χ1n) is 5.08. The van der Waals surface area contributed by atoms with E-state index in [2.05, 4.69) is 14.2 Å². The van der Waals surface area contributed by atoms with Crippen LogP contribution in [0.5, 0.6) is 5.75 Å². The minimum absolute atomic E-state index is 0.209. The first kappa shape index (κ1) is 14.5. The van der Waals surface area contributed by atoms with Gasteiger partial charge in [0.15, 0.2) is 0 Å². The maximum atomic E-state index is 11.6. The second kappa shape index (κ2) is 5.85. The Kier molecular flexibility index (Phi) is 4.46. The lowest BCUT2D eigenvalue weighted by atomic mass is 10.0. The summed E-state index contributed by atoms with van der Waals surface area (Å²) in [5.41, 5.74) is -0.910. The monoisotopic (exact) mass is 268 g/mol. The first-order chi connectivity index (χ1) is 8.97. The highest BCUT2D eigenvalue weighted by Crippen LogP contribution is 2.28. The highest BCUT2D eigenvalue weighted by atomic mass is 16.5. The molecule has 0 aromatic heterocycles. The number of phenolic OH excluding ortho intramolecular Hbond substituents is 1. The van der Waals surface area contributed by atoms with Gasteiger partial charge in [-0.05, 0) is 12.1 Å². The molecule has 0 fully saturated rings. The van der Waals surface area contributed by atoms with Crippen molar-refractivity contribution in [1.82, 2.24) is 0 Å². The molecule has 0 saturated carbocycles. The number of hydrogen-bond acceptors (Lipinski definition) is 7. The number of benzene rings is 1. The Hall–Kier alpha value is -2.57. The molecule has 7 nitrogen and oxygen atoms in total. The third-order valence-electron chi connectivity index (χ3n) is 2.38. The fraction of sp³-hybridized carbons (Fsp3) is 0.250. The van der Waals surface area contributed by atoms with Crippen LogP contribution in [0.4, 0.5) is 0 Å². The number of phenols is 1. The minimum atomic E-state index is -0.969. The van der Waals surface area contributed by atoms with E-state index in [1.54, 1.807) is 0 Å². The molecule has 1 aromatic carbocycles. The predicted octanol–water partition coefficient (Wildman–Crippen LogP) is 0.752. The Morgan fingerprint density at radius 1 is 0.842 bits per heavy atom. The van der Waals surface area contributed by atoms with E-state index in [4.69, 9.17) is 0 Å². The van der Waals surface area contributed by atoms with Crippen molar-refractivity contribution in [2.45, 2.75) is 0 Å². The van der Waals surface area contributed by atoms with E-state index in [1.807, 2.05) is 0 Å². The summed E-state index contributed by atoms with van der Waals surface area (Å²) in [7, 11) is 3.32. The first-order valence-corrected chi connectivity index (χ1v) is 5.08. The zero-order valence-corrected chi connectivity index (χ0v) is 10.6. The molecule has 0 aliphatic rings. The second-order valence-electron chi connectivity index (χ2n) is 3.36. The molecule has 102 valence electrons. The Labute approximate surface area is 108 Å². The number of rotatable bonds is 3. The van der Waals surface area contributed by atoms with Crippen LogP contribution in [-0.4, -0.2) is 44.3 Å². The molecule has 0 radical (unpaired) electrons. The molecule has 0 aliphatic carbocycles. The topological polar surface area (TPSA) is 99.1 Å². The Morgan fingerprint density at radius 2 is 1.26 bits per heavy atom. The molecule has 0 unspecified atom stereocenters. The quantitative estimate of drug-likeness (QED) is 0.637. The van der Waals surface area contributed by atoms with Crippen LogP contribution < -0.4 is 0 Å². The van der Waals surface area contributed by atoms with Crippen molar-refractivity contribution in [3.8, 4) is 5.75 Å². The number of hydrogen-bond donors (Lipinski definition) is 1. The lowest BCUT2D eigenvalue weighted by molar-refractivity contribution is 0.0548. The maximum Gasteiger partial charge on any atom is 0.342 e. The molecule has 1 rings (SSSR count). The molecule has 1 N–H and O–H groups in total. The Morgan fingerprint density at radius 3 is 1.74 bits per heavy atom. The zero-order valence-electron chi connectivity index (χ0n) is 10.6. The third kappa shape index (κ3) is 2.65. The number of methoxy groups -OCH3 is 3. The van der Waals surface area contributed by atoms with Gasteiger partial charge in [-0.2, -0.15) is 0 Å². The number of esters is 3. The molecular formula is C12H12O7. The summed E-state index contributed by atoms with van der Waals surface area (Å²) >= 11 is 0. The molecule has 0 aliphatic heterocycles. The van der Waals surface area contributed by atoms with Gasteiger partial charge < -0.3 is 19.3 Å². The van der Waals surface area contributed by atoms with Crippen LogP contribution >= 0.6 is 0 Å². The molecule has 19 heavy (non-hydrogen) atoms. The van der Waals surface area contributed by atoms with Gasteiger partial charge in [0.25, 0.3) is 0 Å². The van der Waals surface area contributed by atoms with Gasteiger partial charge in [-0.15, -0.1) is 0 Å². The van der Waals surface area contributed by atoms with Crippen LogP contribution in [0.15, 0.2) is 12.1 Å². The molecule has 0 atom stereocenters. The summed E-state index contributed by atoms with van der Waals surface area (Å²) in [6.07, 6.45) is 0. The van der Waals surface area contributed by atoms with Crippen LogP contribution in [0.1, 0.15) is 31.1 Å². The zero-order chi connectivity index (χ0) is 14.6. The number of carbonyl (C=O) groups excluding carboxylic acids is 3. The normalized spacial score (nSPS) is 9.63. The smallest absolute Gasteiger partial charge is 0.342 e. The van der Waals surface area contributed by atoms with Crippen molar-refractivity contribution in [1.29, 1.82) is 0 Å². The van der Waals surface area contributed by atoms with Gasteiger partial charge in [0, 0.05) is 0 Å². The van der Waals surface area contributed by atoms with Gasteiger partial charge >= 0.3 is 17.9 Å². The number of aromatic hydroxyl groups is 1. The Bertz CT molecular complexity index is 533. The molecule has 0 bridgehead atoms. The molecule has 0 amide bonds. The summed E-state index contributed by atoms with van der Waals surface area (Å²) in [5, 5.41) is 9.91. The molecule has 1 aromatic rings. The van der Waals surface area contributed by atoms with Crippen LogP contribution in [-0.2, 0) is 14.2 Å². The van der Waals surface area contributed by atoms with E-state index in [9.17, 15) is 19.5 Å². The molecule has 0 saturated heterocycles. The molecule has 0 heterocycles. The van der Waals surface area contributed by atoms with Gasteiger partial charge in [0.1, 0.15) is 16.9 Å². The fourth-order valence-electron chi connectivity index (χ4n) is 1.45. The van der Waals surface area contributed by atoms with E-state index in [0.29, 0.717) is 0 Å². The van der Waals surface area contributed by atoms with Gasteiger partial charge in [-0.3, -0.25) is 0 Å². The highest BCUT2D eigenvalue weighted by Gasteiger charge is 2.27. The maximum absolute atomic E-state index is 11.6. The average molecular weight is 268 g/mol. The van der Waals surface area contributed by atoms with E-state index < -0.39 is 29.2 Å². The standard InChI is InChI=1S/C12H12O7/c1-17-10(14)6-4-5-7(11(15)18-2)9(13)8(6)12(16)19-3/h4-5,13H,1-3H3. The summed E-state index contributed by atoms with van der Waals surface area (Å²) < 4.78 is 13.4. The number of carbonyl (C=O) groups is 3. The average Bonchev–Trinajstić information content (AvgIpc) is 2.44. The summed E-state index contributed by atoms with van der Waals surface area (Å²) in [6, 6.07) is 2.32. The molecular weight excluding hydrogens is 256 g/mol. The van der Waals surface area contributed by atoms with Crippen molar-refractivity contribution in [2.75, 3.05) is 21.3 Å². The second-order valence-corrected chi connectivity index (χ2v) is 3.36. The van der Waals surface area contributed by atoms with Gasteiger partial charge in [0.05, 0.1) is 26.9 Å². The largest absolute Gasteiger partial charge is 0.506 e. The van der Waals surface area contributed by atoms with E-state index >= 15 is 0 Å². The number of ether oxygens (including phenoxy) is 3. The minimum Gasteiger partial charge on any atom is -0.506 e. The lowest BCUT2D eigenvalue weighted by Crippen LogP contribution is -2.14. The van der Waals surface area contributed by atoms with Crippen molar-refractivity contribution in [3.05, 3.63) is 28.8 Å². The van der Waals surface area contributed by atoms with E-state index in [-0.39, 0.29) is 11.1 Å². The van der Waals surface area contributed by atoms with Gasteiger partial charge in [-0.1, -0.05) is 0 Å². The van der Waals surface area contributed by atoms with Crippen molar-refractivity contribution >= 4 is 17.9 Å². The van der Waals surface area contributed by atoms with Crippen molar-refractivity contribution in [2.24, 2.45) is 0 Å². The van der Waals surface area contributed by atoms with Crippen molar-refractivity contribution in [3.63, 3.8) is 0 Å². The van der Waals surface area contributed by atoms with Crippen LogP contribution in [0, 0.1) is 0 Å². The van der Waals surface area contributed by atoms with Crippen LogP contribution in [0.3, 0.4) is 0 Å². The Balaban J connectivity index is 3.53. The van der Waals surface area contributed by atoms with Gasteiger partial charge in [0.2, 0.25) is 0 Å². The fourth-order valence-corrected chi connectivity index (χ4v) is 1.45. The molecule has 7 heteroatoms. The SMILES string of the molecule is COC(=O)c1ccc(C(=O)OC)c(C(=O)OC)c1O. The highest BCUT2D eigenvalue weighted by molar-refractivity contribution is 6.08. The molecule has 0 spiro atoms. The predicted molar refractivity (Wildman–Crippen MR) is 62.1 cm³/mol. The van der Waals surface area contributed by atoms with E-state index in [0.717, 1.165) is 27.4 Å². The third-order valence-corrected chi connectivity index (χ3v) is 2.38. The van der Waals surface area contributed by atoms with Crippen LogP contribution in [0.25, 0.3) is 0 Å². The summed E-state index contributed by atoms with van der Waals surface area (Å²) in [4.78, 5) is 34.5. The van der Waals surface area contributed by atoms with Gasteiger partial charge in [-0.25, -0.2) is 14.4 Å². The lowest BCUT2D eigenvalue weighted by Gasteiger charge is -2.11. The van der Waals surface area contributed by atoms with Crippen molar-refractivity contribution < 1.29 is 33.7 Å². The van der Waals surface area contributed by atoms with Crippen LogP contribution in [0.2, 0.25) is 0 Å².